The highest BCUT2D eigenvalue weighted by atomic mass is 19.4. The molecule has 0 radical (unpaired) electrons. The summed E-state index contributed by atoms with van der Waals surface area (Å²) in [4.78, 5) is 9.86. The topological polar surface area (TPSA) is 41.1 Å². The third kappa shape index (κ3) is 4.86. The average molecular weight is 290 g/mol. The lowest BCUT2D eigenvalue weighted by molar-refractivity contribution is -0.132. The number of nitrogens with one attached hydrogen (secondary N) is 1. The van der Waals surface area contributed by atoms with Gasteiger partial charge in [0.05, 0.1) is 6.42 Å². The predicted molar refractivity (Wildman–Crippen MR) is 74.1 cm³/mol. The zero-order chi connectivity index (χ0) is 15.2. The molecule has 20 heavy (non-hydrogen) atoms. The smallest absolute Gasteiger partial charge is 0.370 e. The van der Waals surface area contributed by atoms with Gasteiger partial charge in [0, 0.05) is 25.7 Å². The van der Waals surface area contributed by atoms with E-state index in [2.05, 4.69) is 15.3 Å². The molecule has 1 N–H and O–H groups in total. The van der Waals surface area contributed by atoms with Gasteiger partial charge < -0.3 is 10.2 Å². The molecule has 1 aromatic rings. The van der Waals surface area contributed by atoms with Crippen LogP contribution >= 0.6 is 0 Å². The van der Waals surface area contributed by atoms with Gasteiger partial charge in [-0.3, -0.25) is 0 Å². The number of rotatable bonds is 7. The van der Waals surface area contributed by atoms with Crippen molar-refractivity contribution in [1.29, 1.82) is 0 Å². The Morgan fingerprint density at radius 3 is 2.50 bits per heavy atom. The van der Waals surface area contributed by atoms with E-state index in [1.165, 1.54) is 6.33 Å². The summed E-state index contributed by atoms with van der Waals surface area (Å²) in [6.45, 7) is 4.56. The van der Waals surface area contributed by atoms with Crippen molar-refractivity contribution >= 4 is 11.6 Å². The summed E-state index contributed by atoms with van der Waals surface area (Å²) in [5.41, 5.74) is 0.876. The van der Waals surface area contributed by atoms with Gasteiger partial charge in [0.1, 0.15) is 18.0 Å². The Morgan fingerprint density at radius 1 is 1.25 bits per heavy atom. The van der Waals surface area contributed by atoms with Crippen LogP contribution in [0, 0.1) is 0 Å². The van der Waals surface area contributed by atoms with E-state index in [0.717, 1.165) is 18.4 Å². The minimum atomic E-state index is -4.16. The van der Waals surface area contributed by atoms with E-state index in [-0.39, 0.29) is 6.54 Å². The molecule has 0 spiro atoms. The van der Waals surface area contributed by atoms with E-state index in [9.17, 15) is 13.2 Å². The average Bonchev–Trinajstić information content (AvgIpc) is 2.37. The number of nitrogens with zero attached hydrogens (tertiary/aromatic N) is 3. The van der Waals surface area contributed by atoms with Gasteiger partial charge in [-0.25, -0.2) is 9.97 Å². The molecule has 0 atom stereocenters. The van der Waals surface area contributed by atoms with E-state index >= 15 is 0 Å². The van der Waals surface area contributed by atoms with Crippen LogP contribution in [0.3, 0.4) is 0 Å². The summed E-state index contributed by atoms with van der Waals surface area (Å²) in [6, 6.07) is 0. The molecule has 0 saturated carbocycles. The van der Waals surface area contributed by atoms with Crippen molar-refractivity contribution in [3.8, 4) is 0 Å². The van der Waals surface area contributed by atoms with Crippen molar-refractivity contribution in [1.82, 2.24) is 9.97 Å². The fourth-order valence-corrected chi connectivity index (χ4v) is 1.93. The molecule has 7 heteroatoms. The number of hydrogen-bond acceptors (Lipinski definition) is 4. The maximum absolute atomic E-state index is 12.3. The van der Waals surface area contributed by atoms with Crippen LogP contribution in [-0.4, -0.2) is 36.3 Å². The Balaban J connectivity index is 2.94. The van der Waals surface area contributed by atoms with Crippen LogP contribution in [0.2, 0.25) is 0 Å². The Kier molecular flexibility index (Phi) is 6.04. The molecule has 0 amide bonds. The molecular weight excluding hydrogens is 269 g/mol. The fourth-order valence-electron chi connectivity index (χ4n) is 1.93. The molecule has 0 saturated heterocycles. The zero-order valence-corrected chi connectivity index (χ0v) is 12.1. The fraction of sp³-hybridized carbons (Fsp3) is 0.692. The zero-order valence-electron chi connectivity index (χ0n) is 12.1. The highest BCUT2D eigenvalue weighted by Gasteiger charge is 2.28. The summed E-state index contributed by atoms with van der Waals surface area (Å²) in [5, 5.41) is 3.13. The van der Waals surface area contributed by atoms with Gasteiger partial charge >= 0.3 is 6.18 Å². The number of hydrogen-bond donors (Lipinski definition) is 1. The molecule has 0 bridgehead atoms. The standard InChI is InChI=1S/C13H21F3N4/c1-4-6-10-11(17-5-2)18-9-19-12(10)20(3)8-7-13(14,15)16/h9H,4-8H2,1-3H3,(H,17,18,19). The first kappa shape index (κ1) is 16.5. The molecule has 1 aromatic heterocycles. The minimum absolute atomic E-state index is 0.108. The summed E-state index contributed by atoms with van der Waals surface area (Å²) in [6.07, 6.45) is -2.01. The summed E-state index contributed by atoms with van der Waals surface area (Å²) < 4.78 is 36.9. The molecule has 0 fully saturated rings. The summed E-state index contributed by atoms with van der Waals surface area (Å²) in [7, 11) is 1.63. The molecule has 0 aliphatic heterocycles. The largest absolute Gasteiger partial charge is 0.390 e. The molecule has 0 aliphatic carbocycles. The first-order valence-electron chi connectivity index (χ1n) is 6.74. The number of alkyl halides is 3. The van der Waals surface area contributed by atoms with Crippen LogP contribution in [0.25, 0.3) is 0 Å². The number of aromatic nitrogens is 2. The first-order valence-corrected chi connectivity index (χ1v) is 6.74. The SMILES string of the molecule is CCCc1c(NCC)ncnc1N(C)CCC(F)(F)F. The third-order valence-electron chi connectivity index (χ3n) is 2.86. The van der Waals surface area contributed by atoms with Gasteiger partial charge in [0.2, 0.25) is 0 Å². The van der Waals surface area contributed by atoms with Gasteiger partial charge in [0.15, 0.2) is 0 Å². The summed E-state index contributed by atoms with van der Waals surface area (Å²) in [5.74, 6) is 1.28. The maximum Gasteiger partial charge on any atom is 0.390 e. The van der Waals surface area contributed by atoms with Gasteiger partial charge in [-0.1, -0.05) is 13.3 Å². The van der Waals surface area contributed by atoms with Crippen LogP contribution in [0.15, 0.2) is 6.33 Å². The van der Waals surface area contributed by atoms with E-state index in [1.54, 1.807) is 11.9 Å². The first-order chi connectivity index (χ1) is 9.39. The number of halogens is 3. The van der Waals surface area contributed by atoms with Crippen molar-refractivity contribution in [3.05, 3.63) is 11.9 Å². The molecule has 0 aromatic carbocycles. The second-order valence-corrected chi connectivity index (χ2v) is 4.59. The molecule has 1 heterocycles. The quantitative estimate of drug-likeness (QED) is 0.837. The second-order valence-electron chi connectivity index (χ2n) is 4.59. The lowest BCUT2D eigenvalue weighted by Crippen LogP contribution is -2.26. The third-order valence-corrected chi connectivity index (χ3v) is 2.86. The molecular formula is C13H21F3N4. The van der Waals surface area contributed by atoms with Crippen molar-refractivity contribution in [2.24, 2.45) is 0 Å². The van der Waals surface area contributed by atoms with Crippen molar-refractivity contribution < 1.29 is 13.2 Å². The maximum atomic E-state index is 12.3. The monoisotopic (exact) mass is 290 g/mol. The van der Waals surface area contributed by atoms with Crippen LogP contribution in [0.4, 0.5) is 24.8 Å². The van der Waals surface area contributed by atoms with Crippen LogP contribution in [-0.2, 0) is 6.42 Å². The van der Waals surface area contributed by atoms with Crippen molar-refractivity contribution in [2.75, 3.05) is 30.4 Å². The lowest BCUT2D eigenvalue weighted by atomic mass is 10.1. The summed E-state index contributed by atoms with van der Waals surface area (Å²) >= 11 is 0. The highest BCUT2D eigenvalue weighted by molar-refractivity contribution is 5.58. The van der Waals surface area contributed by atoms with Crippen LogP contribution < -0.4 is 10.2 Å². The normalized spacial score (nSPS) is 11.5. The Labute approximate surface area is 117 Å². The van der Waals surface area contributed by atoms with Crippen molar-refractivity contribution in [3.63, 3.8) is 0 Å². The van der Waals surface area contributed by atoms with E-state index < -0.39 is 12.6 Å². The van der Waals surface area contributed by atoms with Gasteiger partial charge in [-0.05, 0) is 13.3 Å². The lowest BCUT2D eigenvalue weighted by Gasteiger charge is -2.23. The Bertz CT molecular complexity index is 421. The van der Waals surface area contributed by atoms with Gasteiger partial charge in [0.25, 0.3) is 0 Å². The molecule has 0 unspecified atom stereocenters. The molecule has 0 aliphatic rings. The van der Waals surface area contributed by atoms with Gasteiger partial charge in [-0.2, -0.15) is 13.2 Å². The predicted octanol–water partition coefficient (Wildman–Crippen LogP) is 3.25. The number of anilines is 2. The van der Waals surface area contributed by atoms with E-state index in [1.807, 2.05) is 13.8 Å². The van der Waals surface area contributed by atoms with Crippen LogP contribution in [0.1, 0.15) is 32.3 Å². The second kappa shape index (κ2) is 7.31. The van der Waals surface area contributed by atoms with Crippen LogP contribution in [0.5, 0.6) is 0 Å². The highest BCUT2D eigenvalue weighted by Crippen LogP contribution is 2.26. The Hall–Kier alpha value is -1.53. The van der Waals surface area contributed by atoms with E-state index in [4.69, 9.17) is 0 Å². The minimum Gasteiger partial charge on any atom is -0.370 e. The molecule has 1 rings (SSSR count). The van der Waals surface area contributed by atoms with Gasteiger partial charge in [-0.15, -0.1) is 0 Å². The van der Waals surface area contributed by atoms with Crippen molar-refractivity contribution in [2.45, 2.75) is 39.3 Å². The Morgan fingerprint density at radius 2 is 1.95 bits per heavy atom. The van der Waals surface area contributed by atoms with E-state index in [0.29, 0.717) is 18.2 Å². The molecule has 114 valence electrons. The molecule has 4 nitrogen and oxygen atoms in total.